The normalized spacial score (nSPS) is 12.4. The van der Waals surface area contributed by atoms with E-state index in [4.69, 9.17) is 11.1 Å². The molecule has 0 radical (unpaired) electrons. The quantitative estimate of drug-likeness (QED) is 0.566. The average Bonchev–Trinajstić information content (AvgIpc) is 2.25. The molecule has 0 bridgehead atoms. The van der Waals surface area contributed by atoms with E-state index in [1.165, 1.54) is 0 Å². The van der Waals surface area contributed by atoms with Crippen molar-refractivity contribution < 1.29 is 8.42 Å². The summed E-state index contributed by atoms with van der Waals surface area (Å²) in [7, 11) is -3.36. The highest BCUT2D eigenvalue weighted by Crippen LogP contribution is 2.14. The fraction of sp³-hybridized carbons (Fsp3) is 0.417. The minimum absolute atomic E-state index is 0.0319. The minimum atomic E-state index is -3.36. The number of hydrogen-bond acceptors (Lipinski definition) is 3. The number of nitrogen functional groups attached to an aromatic ring is 1. The van der Waals surface area contributed by atoms with Crippen LogP contribution in [0.3, 0.4) is 0 Å². The molecule has 1 aromatic rings. The lowest BCUT2D eigenvalue weighted by Crippen LogP contribution is -2.38. The Bertz CT molecular complexity index is 545. The third-order valence-corrected chi connectivity index (χ3v) is 4.65. The first-order chi connectivity index (χ1) is 8.13. The van der Waals surface area contributed by atoms with Crippen LogP contribution in [0.2, 0.25) is 0 Å². The van der Waals surface area contributed by atoms with Gasteiger partial charge in [-0.3, -0.25) is 5.41 Å². The first kappa shape index (κ1) is 14.7. The Morgan fingerprint density at radius 3 is 2.50 bits per heavy atom. The maximum atomic E-state index is 11.9. The average molecular weight is 269 g/mol. The summed E-state index contributed by atoms with van der Waals surface area (Å²) >= 11 is 0. The molecule has 100 valence electrons. The Balaban J connectivity index is 2.82. The summed E-state index contributed by atoms with van der Waals surface area (Å²) in [6, 6.07) is 6.95. The van der Waals surface area contributed by atoms with E-state index in [0.29, 0.717) is 5.56 Å². The van der Waals surface area contributed by atoms with E-state index in [1.807, 2.05) is 0 Å². The summed E-state index contributed by atoms with van der Waals surface area (Å²) < 4.78 is 25.4. The van der Waals surface area contributed by atoms with E-state index < -0.39 is 14.8 Å². The summed E-state index contributed by atoms with van der Waals surface area (Å²) in [5.74, 6) is -0.0319. The second kappa shape index (κ2) is 5.07. The fourth-order valence-electron chi connectivity index (χ4n) is 1.24. The van der Waals surface area contributed by atoms with Gasteiger partial charge in [-0.2, -0.15) is 0 Å². The van der Waals surface area contributed by atoms with Crippen molar-refractivity contribution in [2.24, 2.45) is 5.73 Å². The van der Waals surface area contributed by atoms with Gasteiger partial charge >= 0.3 is 0 Å². The SMILES string of the molecule is CC(C)(C)S(=O)(=O)NCc1cccc(C(=N)N)c1. The number of rotatable bonds is 4. The van der Waals surface area contributed by atoms with E-state index in [-0.39, 0.29) is 12.4 Å². The zero-order chi connectivity index (χ0) is 14.0. The van der Waals surface area contributed by atoms with Gasteiger partial charge < -0.3 is 5.73 Å². The lowest BCUT2D eigenvalue weighted by Gasteiger charge is -2.19. The van der Waals surface area contributed by atoms with Crippen LogP contribution in [0.1, 0.15) is 31.9 Å². The Morgan fingerprint density at radius 2 is 2.00 bits per heavy atom. The molecule has 0 unspecified atom stereocenters. The number of amidine groups is 1. The van der Waals surface area contributed by atoms with Gasteiger partial charge in [-0.1, -0.05) is 18.2 Å². The summed E-state index contributed by atoms with van der Waals surface area (Å²) in [6.45, 7) is 5.12. The highest BCUT2D eigenvalue weighted by atomic mass is 32.2. The molecular formula is C12H19N3O2S. The first-order valence-electron chi connectivity index (χ1n) is 5.56. The van der Waals surface area contributed by atoms with Crippen molar-refractivity contribution in [2.45, 2.75) is 32.1 Å². The van der Waals surface area contributed by atoms with Gasteiger partial charge in [-0.15, -0.1) is 0 Å². The van der Waals surface area contributed by atoms with Crippen LogP contribution in [0.4, 0.5) is 0 Å². The molecular weight excluding hydrogens is 250 g/mol. The molecule has 6 heteroatoms. The lowest BCUT2D eigenvalue weighted by molar-refractivity contribution is 0.544. The molecule has 0 aliphatic carbocycles. The Kier molecular flexibility index (Phi) is 4.13. The van der Waals surface area contributed by atoms with E-state index in [9.17, 15) is 8.42 Å². The topological polar surface area (TPSA) is 96.0 Å². The summed E-state index contributed by atoms with van der Waals surface area (Å²) in [6.07, 6.45) is 0. The molecule has 0 saturated heterocycles. The molecule has 0 heterocycles. The molecule has 0 spiro atoms. The van der Waals surface area contributed by atoms with Crippen molar-refractivity contribution in [2.75, 3.05) is 0 Å². The van der Waals surface area contributed by atoms with Gasteiger partial charge in [0.05, 0.1) is 4.75 Å². The molecule has 0 fully saturated rings. The van der Waals surface area contributed by atoms with Gasteiger partial charge in [0, 0.05) is 12.1 Å². The van der Waals surface area contributed by atoms with Crippen molar-refractivity contribution in [3.63, 3.8) is 0 Å². The van der Waals surface area contributed by atoms with Gasteiger partial charge in [0.25, 0.3) is 0 Å². The van der Waals surface area contributed by atoms with Crippen molar-refractivity contribution >= 4 is 15.9 Å². The second-order valence-corrected chi connectivity index (χ2v) is 7.57. The van der Waals surface area contributed by atoms with Crippen LogP contribution in [-0.4, -0.2) is 19.0 Å². The third-order valence-electron chi connectivity index (χ3n) is 2.51. The number of hydrogen-bond donors (Lipinski definition) is 3. The van der Waals surface area contributed by atoms with E-state index in [2.05, 4.69) is 4.72 Å². The standard InChI is InChI=1S/C12H19N3O2S/c1-12(2,3)18(16,17)15-8-9-5-4-6-10(7-9)11(13)14/h4-7,15H,8H2,1-3H3,(H3,13,14). The maximum absolute atomic E-state index is 11.9. The molecule has 0 aliphatic heterocycles. The minimum Gasteiger partial charge on any atom is -0.384 e. The molecule has 0 saturated carbocycles. The molecule has 4 N–H and O–H groups in total. The molecule has 0 aromatic heterocycles. The monoisotopic (exact) mass is 269 g/mol. The van der Waals surface area contributed by atoms with Crippen LogP contribution in [-0.2, 0) is 16.6 Å². The number of sulfonamides is 1. The highest BCUT2D eigenvalue weighted by Gasteiger charge is 2.28. The van der Waals surface area contributed by atoms with Crippen LogP contribution in [0, 0.1) is 5.41 Å². The molecule has 0 atom stereocenters. The molecule has 0 aliphatic rings. The number of benzene rings is 1. The first-order valence-corrected chi connectivity index (χ1v) is 7.04. The largest absolute Gasteiger partial charge is 0.384 e. The molecule has 0 amide bonds. The van der Waals surface area contributed by atoms with Crippen molar-refractivity contribution in [3.05, 3.63) is 35.4 Å². The van der Waals surface area contributed by atoms with Crippen molar-refractivity contribution in [1.82, 2.24) is 4.72 Å². The van der Waals surface area contributed by atoms with Crippen LogP contribution >= 0.6 is 0 Å². The number of nitrogens with two attached hydrogens (primary N) is 1. The van der Waals surface area contributed by atoms with E-state index in [1.54, 1.807) is 45.0 Å². The molecule has 1 aromatic carbocycles. The Labute approximate surface area is 108 Å². The van der Waals surface area contributed by atoms with Crippen LogP contribution < -0.4 is 10.5 Å². The number of nitrogens with one attached hydrogen (secondary N) is 2. The molecule has 1 rings (SSSR count). The third kappa shape index (κ3) is 3.54. The fourth-order valence-corrected chi connectivity index (χ4v) is 2.03. The Morgan fingerprint density at radius 1 is 1.39 bits per heavy atom. The van der Waals surface area contributed by atoms with Crippen molar-refractivity contribution in [3.8, 4) is 0 Å². The van der Waals surface area contributed by atoms with Gasteiger partial charge in [0.2, 0.25) is 10.0 Å². The molecule has 18 heavy (non-hydrogen) atoms. The predicted octanol–water partition coefficient (Wildman–Crippen LogP) is 1.19. The van der Waals surface area contributed by atoms with Crippen molar-refractivity contribution in [1.29, 1.82) is 5.41 Å². The van der Waals surface area contributed by atoms with Crippen LogP contribution in [0.15, 0.2) is 24.3 Å². The van der Waals surface area contributed by atoms with E-state index >= 15 is 0 Å². The highest BCUT2D eigenvalue weighted by molar-refractivity contribution is 7.90. The summed E-state index contributed by atoms with van der Waals surface area (Å²) in [5.41, 5.74) is 6.74. The van der Waals surface area contributed by atoms with Gasteiger partial charge in [0.1, 0.15) is 5.84 Å². The van der Waals surface area contributed by atoms with Crippen LogP contribution in [0.25, 0.3) is 0 Å². The maximum Gasteiger partial charge on any atom is 0.216 e. The van der Waals surface area contributed by atoms with Gasteiger partial charge in [0.15, 0.2) is 0 Å². The summed E-state index contributed by atoms with van der Waals surface area (Å²) in [5, 5.41) is 7.33. The van der Waals surface area contributed by atoms with Crippen LogP contribution in [0.5, 0.6) is 0 Å². The van der Waals surface area contributed by atoms with Gasteiger partial charge in [-0.05, 0) is 32.4 Å². The van der Waals surface area contributed by atoms with E-state index in [0.717, 1.165) is 5.56 Å². The Hall–Kier alpha value is -1.40. The lowest BCUT2D eigenvalue weighted by atomic mass is 10.1. The smallest absolute Gasteiger partial charge is 0.216 e. The molecule has 5 nitrogen and oxygen atoms in total. The summed E-state index contributed by atoms with van der Waals surface area (Å²) in [4.78, 5) is 0. The second-order valence-electron chi connectivity index (χ2n) is 5.05. The zero-order valence-electron chi connectivity index (χ0n) is 10.8. The zero-order valence-corrected chi connectivity index (χ0v) is 11.6. The predicted molar refractivity (Wildman–Crippen MR) is 73.0 cm³/mol. The van der Waals surface area contributed by atoms with Gasteiger partial charge in [-0.25, -0.2) is 13.1 Å².